The van der Waals surface area contributed by atoms with E-state index < -0.39 is 28.9 Å². The molecule has 2 heterocycles. The van der Waals surface area contributed by atoms with Crippen molar-refractivity contribution in [1.82, 2.24) is 15.1 Å². The highest BCUT2D eigenvalue weighted by Crippen LogP contribution is 2.24. The second-order valence-electron chi connectivity index (χ2n) is 5.86. The monoisotopic (exact) mass is 347 g/mol. The molecule has 0 bridgehead atoms. The number of hydrogen-bond acceptors (Lipinski definition) is 4. The van der Waals surface area contributed by atoms with E-state index >= 15 is 0 Å². The Balaban J connectivity index is 1.66. The lowest BCUT2D eigenvalue weighted by Crippen LogP contribution is -2.41. The lowest BCUT2D eigenvalue weighted by molar-refractivity contribution is 0.0643. The molecule has 1 amide bonds. The van der Waals surface area contributed by atoms with Gasteiger partial charge in [0.25, 0.3) is 11.5 Å². The first-order chi connectivity index (χ1) is 12.0. The first kappa shape index (κ1) is 16.9. The van der Waals surface area contributed by atoms with Crippen molar-refractivity contribution in [2.45, 2.75) is 12.8 Å². The van der Waals surface area contributed by atoms with Gasteiger partial charge < -0.3 is 4.90 Å². The number of hydrogen-bond donors (Lipinski definition) is 1. The summed E-state index contributed by atoms with van der Waals surface area (Å²) < 4.78 is 27.0. The molecule has 130 valence electrons. The summed E-state index contributed by atoms with van der Waals surface area (Å²) in [5.74, 6) is -2.68. The van der Waals surface area contributed by atoms with E-state index in [-0.39, 0.29) is 17.2 Å². The number of amides is 1. The number of aromatic amines is 1. The van der Waals surface area contributed by atoms with Crippen molar-refractivity contribution in [2.24, 2.45) is 5.92 Å². The van der Waals surface area contributed by atoms with Crippen molar-refractivity contribution in [3.05, 3.63) is 63.6 Å². The molecule has 2 aromatic rings. The number of nitrogens with zero attached hydrogens (tertiary/aromatic N) is 2. The zero-order chi connectivity index (χ0) is 18.0. The van der Waals surface area contributed by atoms with Crippen molar-refractivity contribution in [3.63, 3.8) is 0 Å². The highest BCUT2D eigenvalue weighted by molar-refractivity contribution is 5.98. The van der Waals surface area contributed by atoms with Crippen LogP contribution < -0.4 is 5.56 Å². The Labute approximate surface area is 141 Å². The largest absolute Gasteiger partial charge is 0.337 e. The summed E-state index contributed by atoms with van der Waals surface area (Å²) in [6.07, 6.45) is 0.702. The molecule has 1 N–H and O–H groups in total. The molecule has 0 atom stereocenters. The van der Waals surface area contributed by atoms with Crippen LogP contribution in [0.4, 0.5) is 8.78 Å². The van der Waals surface area contributed by atoms with E-state index in [9.17, 15) is 23.2 Å². The Kier molecular flexibility index (Phi) is 4.69. The maximum Gasteiger partial charge on any atom is 0.274 e. The van der Waals surface area contributed by atoms with E-state index in [1.807, 2.05) is 0 Å². The topological polar surface area (TPSA) is 83.1 Å². The maximum atomic E-state index is 13.7. The van der Waals surface area contributed by atoms with Gasteiger partial charge in [0, 0.05) is 25.1 Å². The highest BCUT2D eigenvalue weighted by atomic mass is 19.1. The number of aromatic nitrogens is 2. The number of carbonyl (C=O) groups excluding carboxylic acids is 2. The van der Waals surface area contributed by atoms with Crippen LogP contribution in [0.5, 0.6) is 0 Å². The van der Waals surface area contributed by atoms with Gasteiger partial charge in [0.15, 0.2) is 5.78 Å². The Bertz CT molecular complexity index is 853. The van der Waals surface area contributed by atoms with E-state index in [0.29, 0.717) is 25.9 Å². The average Bonchev–Trinajstić information content (AvgIpc) is 2.63. The Hall–Kier alpha value is -2.90. The minimum atomic E-state index is -0.748. The zero-order valence-corrected chi connectivity index (χ0v) is 13.2. The molecule has 25 heavy (non-hydrogen) atoms. The molecular formula is C17H15F2N3O3. The summed E-state index contributed by atoms with van der Waals surface area (Å²) in [6.45, 7) is 0.597. The van der Waals surface area contributed by atoms with Gasteiger partial charge in [0.05, 0.1) is 5.56 Å². The fourth-order valence-electron chi connectivity index (χ4n) is 2.88. The number of nitrogens with one attached hydrogen (secondary N) is 1. The molecule has 1 aromatic heterocycles. The Morgan fingerprint density at radius 3 is 2.48 bits per heavy atom. The number of rotatable bonds is 3. The molecule has 1 aromatic carbocycles. The van der Waals surface area contributed by atoms with Crippen LogP contribution in [-0.4, -0.2) is 39.9 Å². The summed E-state index contributed by atoms with van der Waals surface area (Å²) in [6, 6.07) is 5.34. The van der Waals surface area contributed by atoms with Gasteiger partial charge in [-0.3, -0.25) is 14.4 Å². The van der Waals surface area contributed by atoms with Crippen molar-refractivity contribution < 1.29 is 18.4 Å². The number of Topliss-reactive ketones (excluding diaryl/α,β-unsaturated/α-hetero) is 1. The third kappa shape index (κ3) is 3.62. The van der Waals surface area contributed by atoms with E-state index in [0.717, 1.165) is 18.2 Å². The van der Waals surface area contributed by atoms with Gasteiger partial charge in [-0.2, -0.15) is 5.10 Å². The Morgan fingerprint density at radius 2 is 1.84 bits per heavy atom. The number of H-pyrrole nitrogens is 1. The van der Waals surface area contributed by atoms with Crippen molar-refractivity contribution >= 4 is 11.7 Å². The predicted octanol–water partition coefficient (Wildman–Crippen LogP) is 1.78. The lowest BCUT2D eigenvalue weighted by Gasteiger charge is -2.31. The SMILES string of the molecule is O=C(c1cc(F)ccc1F)C1CCN(C(=O)c2ccc(=O)[nH]n2)CC1. The molecule has 1 fully saturated rings. The normalized spacial score (nSPS) is 15.2. The molecule has 0 saturated carbocycles. The highest BCUT2D eigenvalue weighted by Gasteiger charge is 2.30. The summed E-state index contributed by atoms with van der Waals surface area (Å²) in [4.78, 5) is 37.2. The van der Waals surface area contributed by atoms with Gasteiger partial charge in [-0.1, -0.05) is 0 Å². The van der Waals surface area contributed by atoms with Crippen molar-refractivity contribution in [3.8, 4) is 0 Å². The van der Waals surface area contributed by atoms with Crippen LogP contribution in [0.3, 0.4) is 0 Å². The summed E-state index contributed by atoms with van der Waals surface area (Å²) in [5, 5.41) is 5.89. The van der Waals surface area contributed by atoms with E-state index in [1.165, 1.54) is 17.0 Å². The average molecular weight is 347 g/mol. The third-order valence-electron chi connectivity index (χ3n) is 4.25. The fourth-order valence-corrected chi connectivity index (χ4v) is 2.88. The number of ketones is 1. The summed E-state index contributed by atoms with van der Waals surface area (Å²) >= 11 is 0. The van der Waals surface area contributed by atoms with Gasteiger partial charge in [0.1, 0.15) is 17.3 Å². The minimum Gasteiger partial charge on any atom is -0.337 e. The van der Waals surface area contributed by atoms with E-state index in [2.05, 4.69) is 10.2 Å². The molecule has 0 spiro atoms. The van der Waals surface area contributed by atoms with Gasteiger partial charge in [-0.25, -0.2) is 13.9 Å². The molecule has 3 rings (SSSR count). The van der Waals surface area contributed by atoms with E-state index in [1.54, 1.807) is 0 Å². The first-order valence-electron chi connectivity index (χ1n) is 7.80. The standard InChI is InChI=1S/C17H15F2N3O3/c18-11-1-2-13(19)12(9-11)16(24)10-5-7-22(8-6-10)17(25)14-3-4-15(23)21-20-14/h1-4,9-10H,5-8H2,(H,21,23). The smallest absolute Gasteiger partial charge is 0.274 e. The van der Waals surface area contributed by atoms with Crippen LogP contribution >= 0.6 is 0 Å². The minimum absolute atomic E-state index is 0.112. The van der Waals surface area contributed by atoms with Crippen LogP contribution in [-0.2, 0) is 0 Å². The van der Waals surface area contributed by atoms with Crippen molar-refractivity contribution in [2.75, 3.05) is 13.1 Å². The molecule has 0 aliphatic carbocycles. The van der Waals surface area contributed by atoms with Crippen LogP contribution in [0.15, 0.2) is 35.1 Å². The molecule has 8 heteroatoms. The summed E-state index contributed by atoms with van der Waals surface area (Å²) in [7, 11) is 0. The molecule has 0 unspecified atom stereocenters. The number of piperidine rings is 1. The number of benzene rings is 1. The van der Waals surface area contributed by atoms with Crippen LogP contribution in [0, 0.1) is 17.6 Å². The third-order valence-corrected chi connectivity index (χ3v) is 4.25. The van der Waals surface area contributed by atoms with Gasteiger partial charge in [0.2, 0.25) is 0 Å². The lowest BCUT2D eigenvalue weighted by atomic mass is 9.88. The number of halogens is 2. The molecule has 1 aliphatic rings. The van der Waals surface area contributed by atoms with Gasteiger partial charge in [-0.15, -0.1) is 0 Å². The maximum absolute atomic E-state index is 13.7. The van der Waals surface area contributed by atoms with Crippen molar-refractivity contribution in [1.29, 1.82) is 0 Å². The predicted molar refractivity (Wildman–Crippen MR) is 84.2 cm³/mol. The second kappa shape index (κ2) is 6.92. The first-order valence-corrected chi connectivity index (χ1v) is 7.80. The Morgan fingerprint density at radius 1 is 1.12 bits per heavy atom. The zero-order valence-electron chi connectivity index (χ0n) is 13.2. The van der Waals surface area contributed by atoms with Gasteiger partial charge >= 0.3 is 0 Å². The molecule has 1 aliphatic heterocycles. The van der Waals surface area contributed by atoms with Gasteiger partial charge in [-0.05, 0) is 37.1 Å². The molecule has 0 radical (unpaired) electrons. The molecule has 6 nitrogen and oxygen atoms in total. The second-order valence-corrected chi connectivity index (χ2v) is 5.86. The number of carbonyl (C=O) groups is 2. The summed E-state index contributed by atoms with van der Waals surface area (Å²) in [5.41, 5.74) is -0.550. The van der Waals surface area contributed by atoms with Crippen LogP contribution in [0.2, 0.25) is 0 Å². The molecule has 1 saturated heterocycles. The quantitative estimate of drug-likeness (QED) is 0.858. The number of likely N-dealkylation sites (tertiary alicyclic amines) is 1. The molecular weight excluding hydrogens is 332 g/mol. The van der Waals surface area contributed by atoms with E-state index in [4.69, 9.17) is 0 Å². The fraction of sp³-hybridized carbons (Fsp3) is 0.294. The van der Waals surface area contributed by atoms with Crippen LogP contribution in [0.1, 0.15) is 33.7 Å². The van der Waals surface area contributed by atoms with Crippen LogP contribution in [0.25, 0.3) is 0 Å².